The number of rotatable bonds is 6. The zero-order valence-corrected chi connectivity index (χ0v) is 16.9. The minimum atomic E-state index is -0.859. The van der Waals surface area contributed by atoms with Crippen LogP contribution in [0, 0.1) is 11.7 Å². The molecule has 29 heavy (non-hydrogen) atoms. The van der Waals surface area contributed by atoms with E-state index in [0.717, 1.165) is 5.56 Å². The maximum Gasteiger partial charge on any atom is 0.408 e. The molecule has 2 aromatic rings. The molecule has 0 spiro atoms. The molecule has 0 heterocycles. The molecule has 1 atom stereocenters. The number of para-hydroxylation sites is 1. The number of thiocarbonyl (C=S) groups is 1. The highest BCUT2D eigenvalue weighted by atomic mass is 32.1. The van der Waals surface area contributed by atoms with E-state index in [-0.39, 0.29) is 23.3 Å². The monoisotopic (exact) mass is 418 g/mol. The molecule has 0 fully saturated rings. The van der Waals surface area contributed by atoms with Crippen LogP contribution in [0.1, 0.15) is 19.4 Å². The summed E-state index contributed by atoms with van der Waals surface area (Å²) < 4.78 is 18.8. The SMILES string of the molecule is CC(C)[C@H](NC(=O)OCc1ccccc1)C(=O)NNC(=S)Nc1ccccc1F. The van der Waals surface area contributed by atoms with Crippen LogP contribution in [0.3, 0.4) is 0 Å². The number of alkyl carbamates (subject to hydrolysis) is 1. The summed E-state index contributed by atoms with van der Waals surface area (Å²) >= 11 is 5.03. The Kier molecular flexibility index (Phi) is 8.35. The van der Waals surface area contributed by atoms with Gasteiger partial charge in [0, 0.05) is 0 Å². The third-order valence-corrected chi connectivity index (χ3v) is 4.06. The van der Waals surface area contributed by atoms with E-state index < -0.39 is 23.9 Å². The Morgan fingerprint density at radius 1 is 1.03 bits per heavy atom. The zero-order valence-electron chi connectivity index (χ0n) is 16.1. The summed E-state index contributed by atoms with van der Waals surface area (Å²) in [6.45, 7) is 3.64. The van der Waals surface area contributed by atoms with Crippen LogP contribution in [0.25, 0.3) is 0 Å². The summed E-state index contributed by atoms with van der Waals surface area (Å²) in [7, 11) is 0. The number of hydrogen-bond donors (Lipinski definition) is 4. The Labute approximate surface area is 174 Å². The van der Waals surface area contributed by atoms with Crippen molar-refractivity contribution in [2.75, 3.05) is 5.32 Å². The number of anilines is 1. The molecule has 0 aliphatic carbocycles. The molecule has 2 aromatic carbocycles. The van der Waals surface area contributed by atoms with Crippen molar-refractivity contribution in [3.05, 3.63) is 66.0 Å². The lowest BCUT2D eigenvalue weighted by Gasteiger charge is -2.22. The van der Waals surface area contributed by atoms with Gasteiger partial charge in [-0.05, 0) is 35.8 Å². The lowest BCUT2D eigenvalue weighted by Crippen LogP contribution is -2.55. The van der Waals surface area contributed by atoms with Gasteiger partial charge < -0.3 is 15.4 Å². The maximum absolute atomic E-state index is 13.6. The fraction of sp³-hybridized carbons (Fsp3) is 0.250. The summed E-state index contributed by atoms with van der Waals surface area (Å²) in [5.41, 5.74) is 5.89. The first-order chi connectivity index (χ1) is 13.9. The van der Waals surface area contributed by atoms with E-state index in [9.17, 15) is 14.0 Å². The van der Waals surface area contributed by atoms with Crippen LogP contribution < -0.4 is 21.5 Å². The Balaban J connectivity index is 1.82. The summed E-state index contributed by atoms with van der Waals surface area (Å²) in [5.74, 6) is -1.21. The molecular formula is C20H23FN4O3S. The highest BCUT2D eigenvalue weighted by Gasteiger charge is 2.25. The van der Waals surface area contributed by atoms with Gasteiger partial charge in [-0.2, -0.15) is 0 Å². The number of nitrogens with one attached hydrogen (secondary N) is 4. The van der Waals surface area contributed by atoms with Crippen molar-refractivity contribution in [3.63, 3.8) is 0 Å². The molecule has 0 saturated heterocycles. The molecule has 9 heteroatoms. The minimum absolute atomic E-state index is 0.00221. The number of hydrazine groups is 1. The molecule has 0 aliphatic rings. The van der Waals surface area contributed by atoms with Crippen molar-refractivity contribution in [1.82, 2.24) is 16.2 Å². The molecule has 0 bridgehead atoms. The number of hydrogen-bond acceptors (Lipinski definition) is 4. The number of carbonyl (C=O) groups excluding carboxylic acids is 2. The predicted molar refractivity (Wildman–Crippen MR) is 112 cm³/mol. The van der Waals surface area contributed by atoms with E-state index in [1.165, 1.54) is 12.1 Å². The lowest BCUT2D eigenvalue weighted by molar-refractivity contribution is -0.124. The normalized spacial score (nSPS) is 11.3. The van der Waals surface area contributed by atoms with E-state index >= 15 is 0 Å². The van der Waals surface area contributed by atoms with Crippen LogP contribution in [-0.2, 0) is 16.1 Å². The number of halogens is 1. The van der Waals surface area contributed by atoms with Crippen molar-refractivity contribution in [1.29, 1.82) is 0 Å². The van der Waals surface area contributed by atoms with Gasteiger partial charge in [0.2, 0.25) is 0 Å². The summed E-state index contributed by atoms with van der Waals surface area (Å²) in [5, 5.41) is 5.16. The number of ether oxygens (including phenoxy) is 1. The third kappa shape index (κ3) is 7.38. The second-order valence-corrected chi connectivity index (χ2v) is 6.88. The summed E-state index contributed by atoms with van der Waals surface area (Å²) in [6, 6.07) is 14.3. The number of carbonyl (C=O) groups is 2. The Morgan fingerprint density at radius 3 is 2.34 bits per heavy atom. The zero-order chi connectivity index (χ0) is 21.2. The van der Waals surface area contributed by atoms with Gasteiger partial charge in [-0.25, -0.2) is 9.18 Å². The van der Waals surface area contributed by atoms with Crippen LogP contribution >= 0.6 is 12.2 Å². The molecule has 2 amide bonds. The predicted octanol–water partition coefficient (Wildman–Crippen LogP) is 3.09. The summed E-state index contributed by atoms with van der Waals surface area (Å²) in [4.78, 5) is 24.5. The van der Waals surface area contributed by atoms with Crippen molar-refractivity contribution < 1.29 is 18.7 Å². The molecule has 4 N–H and O–H groups in total. The van der Waals surface area contributed by atoms with Crippen LogP contribution in [0.4, 0.5) is 14.9 Å². The fourth-order valence-electron chi connectivity index (χ4n) is 2.34. The standard InChI is InChI=1S/C20H23FN4O3S/c1-13(2)17(23-20(27)28-12-14-8-4-3-5-9-14)18(26)24-25-19(29)22-16-11-7-6-10-15(16)21/h3-11,13,17H,12H2,1-2H3,(H,23,27)(H,24,26)(H2,22,25,29)/t17-/m0/s1. The van der Waals surface area contributed by atoms with Crippen molar-refractivity contribution in [2.24, 2.45) is 5.92 Å². The van der Waals surface area contributed by atoms with Crippen LogP contribution in [0.15, 0.2) is 54.6 Å². The van der Waals surface area contributed by atoms with Crippen LogP contribution in [-0.4, -0.2) is 23.2 Å². The van der Waals surface area contributed by atoms with Crippen molar-refractivity contribution in [3.8, 4) is 0 Å². The topological polar surface area (TPSA) is 91.5 Å². The van der Waals surface area contributed by atoms with E-state index in [1.807, 2.05) is 30.3 Å². The van der Waals surface area contributed by atoms with E-state index in [4.69, 9.17) is 17.0 Å². The molecule has 0 saturated carbocycles. The molecule has 2 rings (SSSR count). The van der Waals surface area contributed by atoms with Gasteiger partial charge in [0.25, 0.3) is 5.91 Å². The van der Waals surface area contributed by atoms with Gasteiger partial charge >= 0.3 is 6.09 Å². The van der Waals surface area contributed by atoms with Gasteiger partial charge in [-0.15, -0.1) is 0 Å². The first-order valence-electron chi connectivity index (χ1n) is 8.95. The van der Waals surface area contributed by atoms with Gasteiger partial charge in [-0.1, -0.05) is 56.3 Å². The largest absolute Gasteiger partial charge is 0.445 e. The molecule has 0 aromatic heterocycles. The molecule has 0 radical (unpaired) electrons. The van der Waals surface area contributed by atoms with Crippen LogP contribution in [0.2, 0.25) is 0 Å². The smallest absolute Gasteiger partial charge is 0.408 e. The Bertz CT molecular complexity index is 849. The summed E-state index contributed by atoms with van der Waals surface area (Å²) in [6.07, 6.45) is -0.713. The lowest BCUT2D eigenvalue weighted by atomic mass is 10.0. The molecule has 0 aliphatic heterocycles. The number of amides is 2. The first kappa shape index (κ1) is 22.1. The Hall–Kier alpha value is -3.20. The third-order valence-electron chi connectivity index (χ3n) is 3.86. The Morgan fingerprint density at radius 2 is 1.69 bits per heavy atom. The van der Waals surface area contributed by atoms with Gasteiger partial charge in [0.05, 0.1) is 5.69 Å². The highest BCUT2D eigenvalue weighted by molar-refractivity contribution is 7.80. The van der Waals surface area contributed by atoms with Crippen molar-refractivity contribution >= 4 is 35.0 Å². The van der Waals surface area contributed by atoms with E-state index in [1.54, 1.807) is 26.0 Å². The van der Waals surface area contributed by atoms with E-state index in [2.05, 4.69) is 21.5 Å². The average Bonchev–Trinajstić information content (AvgIpc) is 2.71. The average molecular weight is 418 g/mol. The fourth-order valence-corrected chi connectivity index (χ4v) is 2.50. The molecular weight excluding hydrogens is 395 g/mol. The minimum Gasteiger partial charge on any atom is -0.445 e. The highest BCUT2D eigenvalue weighted by Crippen LogP contribution is 2.11. The van der Waals surface area contributed by atoms with Gasteiger partial charge in [0.1, 0.15) is 18.5 Å². The quantitative estimate of drug-likeness (QED) is 0.426. The van der Waals surface area contributed by atoms with Crippen LogP contribution in [0.5, 0.6) is 0 Å². The second-order valence-electron chi connectivity index (χ2n) is 6.48. The number of benzene rings is 2. The van der Waals surface area contributed by atoms with Crippen molar-refractivity contribution in [2.45, 2.75) is 26.5 Å². The second kappa shape index (κ2) is 11.0. The van der Waals surface area contributed by atoms with Gasteiger partial charge in [0.15, 0.2) is 5.11 Å². The molecule has 154 valence electrons. The first-order valence-corrected chi connectivity index (χ1v) is 9.36. The van der Waals surface area contributed by atoms with Gasteiger partial charge in [-0.3, -0.25) is 15.6 Å². The van der Waals surface area contributed by atoms with E-state index in [0.29, 0.717) is 0 Å². The molecule has 7 nitrogen and oxygen atoms in total. The molecule has 0 unspecified atom stereocenters. The maximum atomic E-state index is 13.6.